The van der Waals surface area contributed by atoms with Crippen LogP contribution in [0.4, 0.5) is 0 Å². The molecule has 0 spiro atoms. The number of rotatable bonds is 1. The Balaban J connectivity index is 1.86. The molecule has 0 radical (unpaired) electrons. The maximum atomic E-state index is 6.12. The molecule has 1 aliphatic rings. The molecule has 0 saturated carbocycles. The number of para-hydroxylation sites is 1. The third-order valence-electron chi connectivity index (χ3n) is 4.61. The van der Waals surface area contributed by atoms with Gasteiger partial charge in [-0.1, -0.05) is 66.2 Å². The van der Waals surface area contributed by atoms with Crippen molar-refractivity contribution in [3.63, 3.8) is 0 Å². The van der Waals surface area contributed by atoms with E-state index in [1.54, 1.807) is 0 Å². The number of benzene rings is 3. The first kappa shape index (κ1) is 14.5. The van der Waals surface area contributed by atoms with Crippen LogP contribution in [0.2, 0.25) is 0 Å². The second-order valence-corrected chi connectivity index (χ2v) is 7.36. The van der Waals surface area contributed by atoms with Crippen molar-refractivity contribution in [3.8, 4) is 22.6 Å². The van der Waals surface area contributed by atoms with Gasteiger partial charge in [-0.15, -0.1) is 0 Å². The average Bonchev–Trinajstić information content (AvgIpc) is 2.56. The third kappa shape index (κ3) is 2.38. The molecule has 3 aromatic carbocycles. The summed E-state index contributed by atoms with van der Waals surface area (Å²) in [6.45, 7) is 4.52. The van der Waals surface area contributed by atoms with Gasteiger partial charge in [-0.25, -0.2) is 0 Å². The largest absolute Gasteiger partial charge is 0.457 e. The minimum Gasteiger partial charge on any atom is -0.457 e. The Hall–Kier alpha value is -2.06. The lowest BCUT2D eigenvalue weighted by molar-refractivity contribution is 0.418. The van der Waals surface area contributed by atoms with Crippen LogP contribution in [0.5, 0.6) is 11.5 Å². The molecule has 0 fully saturated rings. The summed E-state index contributed by atoms with van der Waals surface area (Å²) in [6.07, 6.45) is 0. The van der Waals surface area contributed by atoms with E-state index in [1.165, 1.54) is 22.3 Å². The van der Waals surface area contributed by atoms with Crippen LogP contribution < -0.4 is 4.74 Å². The zero-order valence-corrected chi connectivity index (χ0v) is 14.7. The van der Waals surface area contributed by atoms with Gasteiger partial charge in [0, 0.05) is 21.0 Å². The fourth-order valence-electron chi connectivity index (χ4n) is 3.26. The fraction of sp³-hybridized carbons (Fsp3) is 0.143. The first-order chi connectivity index (χ1) is 11.1. The van der Waals surface area contributed by atoms with Gasteiger partial charge in [-0.2, -0.15) is 0 Å². The zero-order valence-electron chi connectivity index (χ0n) is 13.1. The Morgan fingerprint density at radius 3 is 2.17 bits per heavy atom. The number of ether oxygens (including phenoxy) is 1. The van der Waals surface area contributed by atoms with Crippen LogP contribution in [0.25, 0.3) is 11.1 Å². The van der Waals surface area contributed by atoms with Crippen molar-refractivity contribution in [3.05, 3.63) is 82.3 Å². The van der Waals surface area contributed by atoms with Gasteiger partial charge in [0.15, 0.2) is 0 Å². The van der Waals surface area contributed by atoms with Crippen LogP contribution in [-0.4, -0.2) is 0 Å². The number of halogens is 1. The smallest absolute Gasteiger partial charge is 0.131 e. The first-order valence-corrected chi connectivity index (χ1v) is 8.53. The second-order valence-electron chi connectivity index (χ2n) is 6.44. The van der Waals surface area contributed by atoms with Gasteiger partial charge in [-0.3, -0.25) is 0 Å². The molecule has 0 saturated heterocycles. The van der Waals surface area contributed by atoms with Crippen molar-refractivity contribution in [2.24, 2.45) is 0 Å². The van der Waals surface area contributed by atoms with Gasteiger partial charge in [-0.05, 0) is 41.5 Å². The van der Waals surface area contributed by atoms with Crippen molar-refractivity contribution in [2.75, 3.05) is 0 Å². The predicted molar refractivity (Wildman–Crippen MR) is 98.2 cm³/mol. The van der Waals surface area contributed by atoms with Gasteiger partial charge in [0.05, 0.1) is 0 Å². The van der Waals surface area contributed by atoms with Crippen LogP contribution >= 0.6 is 15.9 Å². The van der Waals surface area contributed by atoms with Crippen molar-refractivity contribution in [2.45, 2.75) is 19.3 Å². The molecule has 2 heteroatoms. The van der Waals surface area contributed by atoms with Gasteiger partial charge in [0.25, 0.3) is 0 Å². The molecular weight excluding hydrogens is 348 g/mol. The summed E-state index contributed by atoms with van der Waals surface area (Å²) < 4.78 is 7.21. The van der Waals surface area contributed by atoms with Crippen LogP contribution in [0.15, 0.2) is 71.2 Å². The number of fused-ring (bicyclic) bond motifs is 2. The lowest BCUT2D eigenvalue weighted by atomic mass is 9.75. The van der Waals surface area contributed by atoms with Gasteiger partial charge >= 0.3 is 0 Å². The molecule has 0 aromatic heterocycles. The zero-order chi connectivity index (χ0) is 16.0. The highest BCUT2D eigenvalue weighted by molar-refractivity contribution is 9.10. The Labute approximate surface area is 145 Å². The Bertz CT molecular complexity index is 879. The Morgan fingerprint density at radius 1 is 0.739 bits per heavy atom. The maximum absolute atomic E-state index is 6.12. The highest BCUT2D eigenvalue weighted by Gasteiger charge is 2.34. The topological polar surface area (TPSA) is 9.23 Å². The van der Waals surface area contributed by atoms with Crippen LogP contribution in [-0.2, 0) is 5.41 Å². The minimum absolute atomic E-state index is 0.0739. The molecule has 0 atom stereocenters. The van der Waals surface area contributed by atoms with Crippen molar-refractivity contribution < 1.29 is 4.74 Å². The normalized spacial score (nSPS) is 14.6. The molecule has 23 heavy (non-hydrogen) atoms. The molecule has 0 unspecified atom stereocenters. The highest BCUT2D eigenvalue weighted by atomic mass is 79.9. The fourth-order valence-corrected chi connectivity index (χ4v) is 3.53. The van der Waals surface area contributed by atoms with E-state index in [2.05, 4.69) is 84.4 Å². The van der Waals surface area contributed by atoms with Gasteiger partial charge in [0.1, 0.15) is 11.5 Å². The van der Waals surface area contributed by atoms with Gasteiger partial charge in [0.2, 0.25) is 0 Å². The maximum Gasteiger partial charge on any atom is 0.131 e. The van der Waals surface area contributed by atoms with Crippen molar-refractivity contribution in [1.82, 2.24) is 0 Å². The Morgan fingerprint density at radius 2 is 1.39 bits per heavy atom. The van der Waals surface area contributed by atoms with E-state index in [4.69, 9.17) is 4.74 Å². The first-order valence-electron chi connectivity index (χ1n) is 7.73. The van der Waals surface area contributed by atoms with Gasteiger partial charge < -0.3 is 4.74 Å². The van der Waals surface area contributed by atoms with E-state index >= 15 is 0 Å². The van der Waals surface area contributed by atoms with E-state index in [9.17, 15) is 0 Å². The SMILES string of the molecule is CC1(C)c2ccccc2Oc2ccc(-c3ccc(Br)cc3)cc21. The van der Waals surface area contributed by atoms with Crippen LogP contribution in [0.3, 0.4) is 0 Å². The lowest BCUT2D eigenvalue weighted by Crippen LogP contribution is -2.24. The molecule has 0 bridgehead atoms. The molecule has 0 amide bonds. The van der Waals surface area contributed by atoms with Crippen LogP contribution in [0, 0.1) is 0 Å². The van der Waals surface area contributed by atoms with Crippen LogP contribution in [0.1, 0.15) is 25.0 Å². The lowest BCUT2D eigenvalue weighted by Gasteiger charge is -2.34. The third-order valence-corrected chi connectivity index (χ3v) is 5.14. The summed E-state index contributed by atoms with van der Waals surface area (Å²) >= 11 is 3.49. The van der Waals surface area contributed by atoms with Crippen molar-refractivity contribution in [1.29, 1.82) is 0 Å². The molecule has 4 rings (SSSR count). The van der Waals surface area contributed by atoms with E-state index < -0.39 is 0 Å². The van der Waals surface area contributed by atoms with E-state index in [0.717, 1.165) is 16.0 Å². The highest BCUT2D eigenvalue weighted by Crippen LogP contribution is 2.48. The monoisotopic (exact) mass is 364 g/mol. The summed E-state index contributed by atoms with van der Waals surface area (Å²) in [4.78, 5) is 0. The molecule has 114 valence electrons. The Kier molecular flexibility index (Phi) is 3.31. The molecule has 1 nitrogen and oxygen atoms in total. The molecular formula is C21H17BrO. The summed E-state index contributed by atoms with van der Waals surface area (Å²) in [7, 11) is 0. The van der Waals surface area contributed by atoms with Crippen molar-refractivity contribution >= 4 is 15.9 Å². The summed E-state index contributed by atoms with van der Waals surface area (Å²) in [5, 5.41) is 0. The molecule has 1 heterocycles. The molecule has 0 aliphatic carbocycles. The number of hydrogen-bond donors (Lipinski definition) is 0. The van der Waals surface area contributed by atoms with E-state index in [-0.39, 0.29) is 5.41 Å². The second kappa shape index (κ2) is 5.24. The quantitative estimate of drug-likeness (QED) is 0.475. The summed E-state index contributed by atoms with van der Waals surface area (Å²) in [5.74, 6) is 1.91. The van der Waals surface area contributed by atoms with E-state index in [1.807, 2.05) is 12.1 Å². The molecule has 3 aromatic rings. The number of hydrogen-bond acceptors (Lipinski definition) is 1. The standard InChI is InChI=1S/C21H17BrO/c1-21(2)17-5-3-4-6-19(17)23-20-12-9-15(13-18(20)21)14-7-10-16(22)11-8-14/h3-13H,1-2H3. The summed E-state index contributed by atoms with van der Waals surface area (Å²) in [6, 6.07) is 23.2. The minimum atomic E-state index is -0.0739. The summed E-state index contributed by atoms with van der Waals surface area (Å²) in [5.41, 5.74) is 4.82. The molecule has 0 N–H and O–H groups in total. The average molecular weight is 365 g/mol. The molecule has 1 aliphatic heterocycles. The van der Waals surface area contributed by atoms with E-state index in [0.29, 0.717) is 0 Å². The predicted octanol–water partition coefficient (Wildman–Crippen LogP) is 6.55.